The van der Waals surface area contributed by atoms with Crippen LogP contribution in [-0.4, -0.2) is 9.97 Å². The molecule has 18 heavy (non-hydrogen) atoms. The first-order valence-corrected chi connectivity index (χ1v) is 6.35. The van der Waals surface area contributed by atoms with Gasteiger partial charge in [-0.05, 0) is 31.9 Å². The summed E-state index contributed by atoms with van der Waals surface area (Å²) in [6.07, 6.45) is 0.957. The molecule has 0 atom stereocenters. The van der Waals surface area contributed by atoms with E-state index in [4.69, 9.17) is 11.6 Å². The van der Waals surface area contributed by atoms with E-state index in [1.54, 1.807) is 0 Å². The van der Waals surface area contributed by atoms with E-state index in [-0.39, 0.29) is 0 Å². The molecule has 0 aliphatic carbocycles. The molecule has 2 rings (SSSR count). The van der Waals surface area contributed by atoms with E-state index in [1.165, 1.54) is 5.56 Å². The summed E-state index contributed by atoms with van der Waals surface area (Å²) in [7, 11) is 0. The third kappa shape index (κ3) is 2.62. The molecule has 0 amide bonds. The number of aromatic nitrogens is 2. The molecule has 0 spiro atoms. The Hall–Kier alpha value is -1.61. The third-order valence-corrected chi connectivity index (χ3v) is 3.18. The predicted octanol–water partition coefficient (Wildman–Crippen LogP) is 4.05. The SMILES string of the molecule is CCc1ccccc1Nc1nc(C)c(C)nc1Cl. The number of rotatable bonds is 3. The second-order valence-electron chi connectivity index (χ2n) is 4.17. The molecule has 2 aromatic rings. The van der Waals surface area contributed by atoms with E-state index < -0.39 is 0 Å². The van der Waals surface area contributed by atoms with Crippen LogP contribution in [0, 0.1) is 13.8 Å². The van der Waals surface area contributed by atoms with Crippen molar-refractivity contribution < 1.29 is 0 Å². The summed E-state index contributed by atoms with van der Waals surface area (Å²) in [5.74, 6) is 0.612. The molecule has 0 saturated carbocycles. The van der Waals surface area contributed by atoms with Gasteiger partial charge in [-0.3, -0.25) is 0 Å². The van der Waals surface area contributed by atoms with Gasteiger partial charge in [-0.1, -0.05) is 36.7 Å². The molecule has 0 aliphatic rings. The highest BCUT2D eigenvalue weighted by molar-refractivity contribution is 6.31. The highest BCUT2D eigenvalue weighted by atomic mass is 35.5. The number of benzene rings is 1. The average molecular weight is 262 g/mol. The molecule has 3 nitrogen and oxygen atoms in total. The van der Waals surface area contributed by atoms with Gasteiger partial charge in [-0.25, -0.2) is 9.97 Å². The largest absolute Gasteiger partial charge is 0.337 e. The lowest BCUT2D eigenvalue weighted by molar-refractivity contribution is 1.05. The number of nitrogens with zero attached hydrogens (tertiary/aromatic N) is 2. The Labute approximate surface area is 112 Å². The fourth-order valence-corrected chi connectivity index (χ4v) is 1.95. The minimum Gasteiger partial charge on any atom is -0.337 e. The fourth-order valence-electron chi connectivity index (χ4n) is 1.73. The average Bonchev–Trinajstić information content (AvgIpc) is 2.36. The van der Waals surface area contributed by atoms with Crippen LogP contribution in [0.15, 0.2) is 24.3 Å². The lowest BCUT2D eigenvalue weighted by atomic mass is 10.1. The molecule has 1 heterocycles. The molecule has 4 heteroatoms. The Morgan fingerprint density at radius 1 is 1.11 bits per heavy atom. The molecular weight excluding hydrogens is 246 g/mol. The molecule has 0 fully saturated rings. The summed E-state index contributed by atoms with van der Waals surface area (Å²) < 4.78 is 0. The summed E-state index contributed by atoms with van der Waals surface area (Å²) in [6.45, 7) is 5.95. The van der Waals surface area contributed by atoms with Gasteiger partial charge in [0.15, 0.2) is 11.0 Å². The Balaban J connectivity index is 2.37. The zero-order valence-electron chi connectivity index (χ0n) is 10.8. The van der Waals surface area contributed by atoms with Crippen LogP contribution in [0.25, 0.3) is 0 Å². The van der Waals surface area contributed by atoms with E-state index in [0.717, 1.165) is 23.5 Å². The van der Waals surface area contributed by atoms with E-state index in [0.29, 0.717) is 11.0 Å². The highest BCUT2D eigenvalue weighted by Crippen LogP contribution is 2.25. The fraction of sp³-hybridized carbons (Fsp3) is 0.286. The lowest BCUT2D eigenvalue weighted by Crippen LogP contribution is -2.02. The van der Waals surface area contributed by atoms with Gasteiger partial charge < -0.3 is 5.32 Å². The molecular formula is C14H16ClN3. The quantitative estimate of drug-likeness (QED) is 0.906. The second-order valence-corrected chi connectivity index (χ2v) is 4.53. The van der Waals surface area contributed by atoms with Crippen molar-refractivity contribution in [3.05, 3.63) is 46.4 Å². The smallest absolute Gasteiger partial charge is 0.172 e. The first-order valence-electron chi connectivity index (χ1n) is 5.97. The number of halogens is 1. The van der Waals surface area contributed by atoms with Gasteiger partial charge in [0.05, 0.1) is 11.4 Å². The lowest BCUT2D eigenvalue weighted by Gasteiger charge is -2.12. The van der Waals surface area contributed by atoms with Gasteiger partial charge >= 0.3 is 0 Å². The molecule has 1 aromatic heterocycles. The monoisotopic (exact) mass is 261 g/mol. The maximum atomic E-state index is 6.11. The predicted molar refractivity (Wildman–Crippen MR) is 75.6 cm³/mol. The normalized spacial score (nSPS) is 10.4. The number of anilines is 2. The van der Waals surface area contributed by atoms with E-state index in [1.807, 2.05) is 32.0 Å². The van der Waals surface area contributed by atoms with Gasteiger partial charge in [0.2, 0.25) is 0 Å². The highest BCUT2D eigenvalue weighted by Gasteiger charge is 2.08. The molecule has 0 unspecified atom stereocenters. The minimum absolute atomic E-state index is 0.406. The molecule has 0 aliphatic heterocycles. The Bertz CT molecular complexity index is 567. The van der Waals surface area contributed by atoms with Crippen molar-refractivity contribution in [2.75, 3.05) is 5.32 Å². The number of hydrogen-bond acceptors (Lipinski definition) is 3. The van der Waals surface area contributed by atoms with Crippen LogP contribution >= 0.6 is 11.6 Å². The Kier molecular flexibility index (Phi) is 3.82. The third-order valence-electron chi connectivity index (χ3n) is 2.92. The van der Waals surface area contributed by atoms with Crippen LogP contribution in [0.5, 0.6) is 0 Å². The first-order chi connectivity index (χ1) is 8.61. The number of hydrogen-bond donors (Lipinski definition) is 1. The van der Waals surface area contributed by atoms with Crippen molar-refractivity contribution in [2.24, 2.45) is 0 Å². The van der Waals surface area contributed by atoms with Crippen molar-refractivity contribution in [1.29, 1.82) is 0 Å². The van der Waals surface area contributed by atoms with E-state index in [9.17, 15) is 0 Å². The van der Waals surface area contributed by atoms with Crippen molar-refractivity contribution in [3.8, 4) is 0 Å². The summed E-state index contributed by atoms with van der Waals surface area (Å²) in [5.41, 5.74) is 4.00. The molecule has 0 bridgehead atoms. The molecule has 0 radical (unpaired) electrons. The Morgan fingerprint density at radius 3 is 2.50 bits per heavy atom. The van der Waals surface area contributed by atoms with Gasteiger partial charge in [-0.15, -0.1) is 0 Å². The second kappa shape index (κ2) is 5.36. The van der Waals surface area contributed by atoms with Crippen molar-refractivity contribution in [3.63, 3.8) is 0 Å². The van der Waals surface area contributed by atoms with Gasteiger partial charge in [0.25, 0.3) is 0 Å². The van der Waals surface area contributed by atoms with Crippen molar-refractivity contribution >= 4 is 23.1 Å². The maximum Gasteiger partial charge on any atom is 0.172 e. The summed E-state index contributed by atoms with van der Waals surface area (Å²) >= 11 is 6.11. The van der Waals surface area contributed by atoms with Crippen LogP contribution in [-0.2, 0) is 6.42 Å². The first kappa shape index (κ1) is 12.8. The maximum absolute atomic E-state index is 6.11. The molecule has 94 valence electrons. The minimum atomic E-state index is 0.406. The van der Waals surface area contributed by atoms with Crippen LogP contribution in [0.1, 0.15) is 23.9 Å². The zero-order chi connectivity index (χ0) is 13.1. The molecule has 0 saturated heterocycles. The summed E-state index contributed by atoms with van der Waals surface area (Å²) in [5, 5.41) is 3.66. The summed E-state index contributed by atoms with van der Waals surface area (Å²) in [6, 6.07) is 8.12. The van der Waals surface area contributed by atoms with Crippen molar-refractivity contribution in [1.82, 2.24) is 9.97 Å². The van der Waals surface area contributed by atoms with E-state index in [2.05, 4.69) is 28.3 Å². The topological polar surface area (TPSA) is 37.8 Å². The summed E-state index contributed by atoms with van der Waals surface area (Å²) in [4.78, 5) is 8.70. The van der Waals surface area contributed by atoms with Crippen molar-refractivity contribution in [2.45, 2.75) is 27.2 Å². The van der Waals surface area contributed by atoms with E-state index >= 15 is 0 Å². The number of nitrogens with one attached hydrogen (secondary N) is 1. The number of aryl methyl sites for hydroxylation is 3. The molecule has 1 N–H and O–H groups in total. The molecule has 1 aromatic carbocycles. The zero-order valence-corrected chi connectivity index (χ0v) is 11.5. The van der Waals surface area contributed by atoms with Crippen LogP contribution in [0.2, 0.25) is 5.15 Å². The van der Waals surface area contributed by atoms with Gasteiger partial charge in [-0.2, -0.15) is 0 Å². The van der Waals surface area contributed by atoms with Crippen LogP contribution in [0.3, 0.4) is 0 Å². The van der Waals surface area contributed by atoms with Gasteiger partial charge in [0, 0.05) is 5.69 Å². The Morgan fingerprint density at radius 2 is 1.78 bits per heavy atom. The van der Waals surface area contributed by atoms with Crippen LogP contribution in [0.4, 0.5) is 11.5 Å². The number of para-hydroxylation sites is 1. The standard InChI is InChI=1S/C14H16ClN3/c1-4-11-7-5-6-8-12(11)18-14-13(15)16-9(2)10(3)17-14/h5-8H,4H2,1-3H3,(H,17,18). The van der Waals surface area contributed by atoms with Gasteiger partial charge in [0.1, 0.15) is 0 Å². The van der Waals surface area contributed by atoms with Crippen LogP contribution < -0.4 is 5.32 Å².